The van der Waals surface area contributed by atoms with Crippen molar-refractivity contribution < 1.29 is 14.6 Å². The fraction of sp³-hybridized carbons (Fsp3) is 0.588. The summed E-state index contributed by atoms with van der Waals surface area (Å²) in [6, 6.07) is 7.47. The summed E-state index contributed by atoms with van der Waals surface area (Å²) in [5, 5.41) is 9.89. The minimum Gasteiger partial charge on any atom is -0.484 e. The van der Waals surface area contributed by atoms with Gasteiger partial charge in [0.25, 0.3) is 5.91 Å². The first-order chi connectivity index (χ1) is 9.62. The fourth-order valence-electron chi connectivity index (χ4n) is 2.35. The van der Waals surface area contributed by atoms with Crippen molar-refractivity contribution in [1.29, 1.82) is 0 Å². The van der Waals surface area contributed by atoms with Crippen LogP contribution in [0.25, 0.3) is 0 Å². The summed E-state index contributed by atoms with van der Waals surface area (Å²) in [7, 11) is 0. The van der Waals surface area contributed by atoms with Gasteiger partial charge in [-0.05, 0) is 59.2 Å². The van der Waals surface area contributed by atoms with Crippen LogP contribution in [-0.2, 0) is 10.4 Å². The highest BCUT2D eigenvalue weighted by molar-refractivity contribution is 5.78. The Kier molecular flexibility index (Phi) is 5.78. The van der Waals surface area contributed by atoms with Gasteiger partial charge in [-0.3, -0.25) is 4.79 Å². The van der Waals surface area contributed by atoms with Crippen LogP contribution in [0.15, 0.2) is 24.3 Å². The molecule has 1 aromatic carbocycles. The molecule has 0 aliphatic rings. The number of amides is 1. The van der Waals surface area contributed by atoms with Crippen LogP contribution in [0.4, 0.5) is 0 Å². The molecule has 21 heavy (non-hydrogen) atoms. The molecule has 0 spiro atoms. The Hall–Kier alpha value is -1.55. The van der Waals surface area contributed by atoms with Crippen LogP contribution in [0, 0.1) is 0 Å². The molecule has 0 saturated carbocycles. The van der Waals surface area contributed by atoms with Gasteiger partial charge >= 0.3 is 0 Å². The van der Waals surface area contributed by atoms with E-state index in [1.807, 2.05) is 44.7 Å². The second-order valence-corrected chi connectivity index (χ2v) is 6.36. The Bertz CT molecular complexity index is 450. The van der Waals surface area contributed by atoms with Crippen LogP contribution in [0.1, 0.15) is 47.1 Å². The highest BCUT2D eigenvalue weighted by Crippen LogP contribution is 2.22. The van der Waals surface area contributed by atoms with E-state index in [0.29, 0.717) is 5.75 Å². The molecule has 0 atom stereocenters. The number of aliphatic hydroxyl groups is 1. The van der Waals surface area contributed by atoms with Crippen LogP contribution >= 0.6 is 0 Å². The van der Waals surface area contributed by atoms with E-state index >= 15 is 0 Å². The normalized spacial score (nSPS) is 11.9. The van der Waals surface area contributed by atoms with Crippen molar-refractivity contribution in [3.63, 3.8) is 0 Å². The number of rotatable bonds is 6. The van der Waals surface area contributed by atoms with E-state index in [2.05, 4.69) is 0 Å². The maximum atomic E-state index is 12.2. The quantitative estimate of drug-likeness (QED) is 0.877. The van der Waals surface area contributed by atoms with Crippen molar-refractivity contribution in [1.82, 2.24) is 4.90 Å². The van der Waals surface area contributed by atoms with Crippen molar-refractivity contribution in [2.75, 3.05) is 6.61 Å². The van der Waals surface area contributed by atoms with Crippen LogP contribution in [0.2, 0.25) is 0 Å². The van der Waals surface area contributed by atoms with Crippen LogP contribution in [0.3, 0.4) is 0 Å². The zero-order valence-electron chi connectivity index (χ0n) is 13.9. The minimum absolute atomic E-state index is 0.0217. The van der Waals surface area contributed by atoms with E-state index in [-0.39, 0.29) is 24.6 Å². The van der Waals surface area contributed by atoms with E-state index in [9.17, 15) is 9.90 Å². The molecule has 0 bridgehead atoms. The molecule has 1 aromatic rings. The number of ether oxygens (including phenoxy) is 1. The molecule has 4 nitrogen and oxygen atoms in total. The molecule has 0 aromatic heterocycles. The van der Waals surface area contributed by atoms with Gasteiger partial charge in [0.1, 0.15) is 5.75 Å². The van der Waals surface area contributed by atoms with E-state index < -0.39 is 5.60 Å². The second-order valence-electron chi connectivity index (χ2n) is 6.36. The third-order valence-corrected chi connectivity index (χ3v) is 3.32. The summed E-state index contributed by atoms with van der Waals surface area (Å²) in [5.74, 6) is 0.607. The minimum atomic E-state index is -0.875. The number of benzene rings is 1. The van der Waals surface area contributed by atoms with Gasteiger partial charge in [-0.1, -0.05) is 12.1 Å². The Labute approximate surface area is 127 Å². The molecule has 0 radical (unpaired) electrons. The zero-order valence-corrected chi connectivity index (χ0v) is 13.9. The standard InChI is InChI=1S/C17H27NO3/c1-12(2)18(13(3)4)16(19)11-21-15-9-7-14(8-10-15)17(5,6)20/h7-10,12-13,20H,11H2,1-6H3. The van der Waals surface area contributed by atoms with Crippen molar-refractivity contribution >= 4 is 5.91 Å². The SMILES string of the molecule is CC(C)N(C(=O)COc1ccc(C(C)(C)O)cc1)C(C)C. The highest BCUT2D eigenvalue weighted by Gasteiger charge is 2.20. The summed E-state index contributed by atoms with van der Waals surface area (Å²) < 4.78 is 5.54. The first kappa shape index (κ1) is 17.5. The Morgan fingerprint density at radius 2 is 1.62 bits per heavy atom. The van der Waals surface area contributed by atoms with E-state index in [1.54, 1.807) is 26.0 Å². The zero-order chi connectivity index (χ0) is 16.2. The molecule has 0 saturated heterocycles. The third kappa shape index (κ3) is 5.05. The second kappa shape index (κ2) is 6.94. The molecule has 4 heteroatoms. The maximum Gasteiger partial charge on any atom is 0.260 e. The predicted octanol–water partition coefficient (Wildman–Crippen LogP) is 2.94. The van der Waals surface area contributed by atoms with Crippen molar-refractivity contribution in [3.8, 4) is 5.75 Å². The summed E-state index contributed by atoms with van der Waals surface area (Å²) in [6.45, 7) is 11.5. The van der Waals surface area contributed by atoms with Crippen LogP contribution < -0.4 is 4.74 Å². The Morgan fingerprint density at radius 1 is 1.14 bits per heavy atom. The molecule has 0 unspecified atom stereocenters. The molecule has 118 valence electrons. The predicted molar refractivity (Wildman–Crippen MR) is 84.3 cm³/mol. The third-order valence-electron chi connectivity index (χ3n) is 3.32. The van der Waals surface area contributed by atoms with Crippen LogP contribution in [0.5, 0.6) is 5.75 Å². The van der Waals surface area contributed by atoms with E-state index in [4.69, 9.17) is 4.74 Å². The summed E-state index contributed by atoms with van der Waals surface area (Å²) in [5.41, 5.74) is -0.0624. The van der Waals surface area contributed by atoms with Gasteiger partial charge in [0.15, 0.2) is 6.61 Å². The molecule has 0 heterocycles. The Balaban J connectivity index is 2.65. The van der Waals surface area contributed by atoms with Gasteiger partial charge < -0.3 is 14.7 Å². The van der Waals surface area contributed by atoms with Crippen molar-refractivity contribution in [2.45, 2.75) is 59.2 Å². The van der Waals surface area contributed by atoms with Gasteiger partial charge in [0.2, 0.25) is 0 Å². The lowest BCUT2D eigenvalue weighted by atomic mass is 9.99. The van der Waals surface area contributed by atoms with Crippen molar-refractivity contribution in [3.05, 3.63) is 29.8 Å². The van der Waals surface area contributed by atoms with Gasteiger partial charge in [0.05, 0.1) is 5.60 Å². The molecule has 0 aliphatic carbocycles. The molecule has 1 rings (SSSR count). The lowest BCUT2D eigenvalue weighted by Gasteiger charge is -2.30. The Morgan fingerprint density at radius 3 is 2.00 bits per heavy atom. The van der Waals surface area contributed by atoms with Crippen molar-refractivity contribution in [2.24, 2.45) is 0 Å². The van der Waals surface area contributed by atoms with E-state index in [1.165, 1.54) is 0 Å². The fourth-order valence-corrected chi connectivity index (χ4v) is 2.35. The molecule has 0 fully saturated rings. The smallest absolute Gasteiger partial charge is 0.260 e. The molecule has 1 amide bonds. The van der Waals surface area contributed by atoms with Crippen LogP contribution in [-0.4, -0.2) is 34.6 Å². The summed E-state index contributed by atoms with van der Waals surface area (Å²) in [4.78, 5) is 14.0. The first-order valence-corrected chi connectivity index (χ1v) is 7.39. The lowest BCUT2D eigenvalue weighted by molar-refractivity contribution is -0.136. The van der Waals surface area contributed by atoms with E-state index in [0.717, 1.165) is 5.56 Å². The maximum absolute atomic E-state index is 12.2. The molecule has 1 N–H and O–H groups in total. The molecule has 0 aliphatic heterocycles. The topological polar surface area (TPSA) is 49.8 Å². The number of hydrogen-bond donors (Lipinski definition) is 1. The van der Waals surface area contributed by atoms with Gasteiger partial charge in [0, 0.05) is 12.1 Å². The highest BCUT2D eigenvalue weighted by atomic mass is 16.5. The van der Waals surface area contributed by atoms with Gasteiger partial charge in [-0.15, -0.1) is 0 Å². The number of hydrogen-bond acceptors (Lipinski definition) is 3. The lowest BCUT2D eigenvalue weighted by Crippen LogP contribution is -2.44. The first-order valence-electron chi connectivity index (χ1n) is 7.39. The average Bonchev–Trinajstić information content (AvgIpc) is 2.35. The molecular weight excluding hydrogens is 266 g/mol. The summed E-state index contributed by atoms with van der Waals surface area (Å²) in [6.07, 6.45) is 0. The van der Waals surface area contributed by atoms with Gasteiger partial charge in [-0.25, -0.2) is 0 Å². The molecular formula is C17H27NO3. The van der Waals surface area contributed by atoms with Gasteiger partial charge in [-0.2, -0.15) is 0 Å². The number of carbonyl (C=O) groups is 1. The monoisotopic (exact) mass is 293 g/mol. The average molecular weight is 293 g/mol. The number of nitrogens with zero attached hydrogens (tertiary/aromatic N) is 1. The summed E-state index contributed by atoms with van der Waals surface area (Å²) >= 11 is 0. The number of carbonyl (C=O) groups excluding carboxylic acids is 1. The largest absolute Gasteiger partial charge is 0.484 e.